The minimum Gasteiger partial charge on any atom is -0.456 e. The first kappa shape index (κ1) is 16.0. The van der Waals surface area contributed by atoms with Gasteiger partial charge in [0.15, 0.2) is 0 Å². The lowest BCUT2D eigenvalue weighted by Gasteiger charge is -2.03. The second kappa shape index (κ2) is 6.60. The van der Waals surface area contributed by atoms with E-state index in [2.05, 4.69) is 17.9 Å². The van der Waals surface area contributed by atoms with Gasteiger partial charge in [-0.3, -0.25) is 0 Å². The minimum absolute atomic E-state index is 0.291. The summed E-state index contributed by atoms with van der Waals surface area (Å²) in [7, 11) is 0. The molecule has 2 aromatic rings. The highest BCUT2D eigenvalue weighted by molar-refractivity contribution is 7.98. The minimum atomic E-state index is -0.563. The molecule has 0 amide bonds. The van der Waals surface area contributed by atoms with Crippen molar-refractivity contribution in [3.63, 3.8) is 0 Å². The predicted octanol–water partition coefficient (Wildman–Crippen LogP) is 3.06. The Morgan fingerprint density at radius 3 is 2.73 bits per heavy atom. The number of rotatable bonds is 2. The molecule has 0 bridgehead atoms. The third-order valence-electron chi connectivity index (χ3n) is 3.37. The summed E-state index contributed by atoms with van der Waals surface area (Å²) < 4.78 is 6.71. The summed E-state index contributed by atoms with van der Waals surface area (Å²) in [4.78, 5) is 12.3. The normalized spacial score (nSPS) is 9.95. The number of pyridine rings is 1. The molecule has 0 saturated heterocycles. The molecule has 0 aromatic carbocycles. The molecule has 0 atom stereocenters. The number of thioether (sulfide) groups is 1. The molecule has 0 aliphatic carbocycles. The zero-order chi connectivity index (χ0) is 16.3. The summed E-state index contributed by atoms with van der Waals surface area (Å²) in [6.45, 7) is 6.04. The lowest BCUT2D eigenvalue weighted by molar-refractivity contribution is -0.136. The number of aryl methyl sites for hydroxylation is 2. The van der Waals surface area contributed by atoms with E-state index in [1.165, 1.54) is 11.8 Å². The number of nitriles is 1. The van der Waals surface area contributed by atoms with E-state index in [0.29, 0.717) is 17.9 Å². The molecule has 0 aliphatic heterocycles. The summed E-state index contributed by atoms with van der Waals surface area (Å²) in [5.41, 5.74) is 4.25. The molecule has 0 radical (unpaired) electrons. The molecule has 2 heterocycles. The van der Waals surface area contributed by atoms with E-state index in [1.807, 2.05) is 36.8 Å². The average Bonchev–Trinajstić information content (AvgIpc) is 2.78. The topological polar surface area (TPSA) is 54.5 Å². The Balaban J connectivity index is 2.74. The van der Waals surface area contributed by atoms with Crippen LogP contribution in [0, 0.1) is 37.0 Å². The van der Waals surface area contributed by atoms with Crippen molar-refractivity contribution in [2.75, 3.05) is 12.9 Å². The van der Waals surface area contributed by atoms with Crippen LogP contribution in [0.1, 0.15) is 29.3 Å². The van der Waals surface area contributed by atoms with Gasteiger partial charge in [-0.25, -0.2) is 4.79 Å². The molecular weight excluding hydrogens is 296 g/mol. The van der Waals surface area contributed by atoms with Gasteiger partial charge in [-0.2, -0.15) is 5.26 Å². The second-order valence-electron chi connectivity index (χ2n) is 4.73. The van der Waals surface area contributed by atoms with Crippen molar-refractivity contribution in [3.8, 4) is 17.9 Å². The first-order valence-corrected chi connectivity index (χ1v) is 8.04. The highest BCUT2D eigenvalue weighted by Gasteiger charge is 2.17. The molecular formula is C17H16N2O2S. The summed E-state index contributed by atoms with van der Waals surface area (Å²) >= 11 is 1.45. The average molecular weight is 312 g/mol. The molecule has 0 unspecified atom stereocenters. The number of nitrogens with zero attached hydrogens (tertiary/aromatic N) is 2. The Morgan fingerprint density at radius 1 is 1.41 bits per heavy atom. The van der Waals surface area contributed by atoms with Crippen molar-refractivity contribution < 1.29 is 9.53 Å². The number of fused-ring (bicyclic) bond motifs is 1. The monoisotopic (exact) mass is 312 g/mol. The predicted molar refractivity (Wildman–Crippen MR) is 86.9 cm³/mol. The van der Waals surface area contributed by atoms with Crippen LogP contribution >= 0.6 is 11.8 Å². The maximum absolute atomic E-state index is 11.5. The molecule has 0 saturated carbocycles. The molecule has 2 aromatic heterocycles. The summed E-state index contributed by atoms with van der Waals surface area (Å²) in [5, 5.41) is 9.47. The SMILES string of the molecule is CCOC(=O)C#Cc1c(SC)c(C#N)c2cc(C)c(C)cn12. The fraction of sp³-hybridized carbons (Fsp3) is 0.294. The number of hydrogen-bond acceptors (Lipinski definition) is 4. The lowest BCUT2D eigenvalue weighted by Crippen LogP contribution is -2.00. The van der Waals surface area contributed by atoms with Crippen molar-refractivity contribution in [2.45, 2.75) is 25.7 Å². The molecule has 2 rings (SSSR count). The van der Waals surface area contributed by atoms with E-state index >= 15 is 0 Å². The van der Waals surface area contributed by atoms with Crippen LogP contribution in [0.3, 0.4) is 0 Å². The zero-order valence-corrected chi connectivity index (χ0v) is 13.8. The van der Waals surface area contributed by atoms with Crippen LogP contribution in [-0.2, 0) is 9.53 Å². The van der Waals surface area contributed by atoms with Gasteiger partial charge in [0.2, 0.25) is 0 Å². The van der Waals surface area contributed by atoms with E-state index in [-0.39, 0.29) is 0 Å². The highest BCUT2D eigenvalue weighted by atomic mass is 32.2. The maximum Gasteiger partial charge on any atom is 0.384 e. The Labute approximate surface area is 134 Å². The summed E-state index contributed by atoms with van der Waals surface area (Å²) in [5.74, 6) is 4.78. The molecule has 0 aliphatic rings. The van der Waals surface area contributed by atoms with E-state index in [0.717, 1.165) is 21.5 Å². The molecule has 5 heteroatoms. The molecule has 0 N–H and O–H groups in total. The quantitative estimate of drug-likeness (QED) is 0.486. The van der Waals surface area contributed by atoms with Crippen LogP contribution in [0.4, 0.5) is 0 Å². The number of carbonyl (C=O) groups is 1. The number of carbonyl (C=O) groups excluding carboxylic acids is 1. The Kier molecular flexibility index (Phi) is 4.80. The molecule has 4 nitrogen and oxygen atoms in total. The van der Waals surface area contributed by atoms with E-state index < -0.39 is 5.97 Å². The van der Waals surface area contributed by atoms with E-state index in [4.69, 9.17) is 4.74 Å². The lowest BCUT2D eigenvalue weighted by atomic mass is 10.1. The first-order valence-electron chi connectivity index (χ1n) is 6.81. The van der Waals surface area contributed by atoms with Gasteiger partial charge in [0.25, 0.3) is 0 Å². The Hall–Kier alpha value is -2.37. The standard InChI is InChI=1S/C17H16N2O2S/c1-5-21-16(20)7-6-14-17(22-4)13(9-18)15-8-11(2)12(3)10-19(14)15/h8,10H,5H2,1-4H3. The van der Waals surface area contributed by atoms with Gasteiger partial charge in [0.1, 0.15) is 11.8 Å². The highest BCUT2D eigenvalue weighted by Crippen LogP contribution is 2.31. The fourth-order valence-corrected chi connectivity index (χ4v) is 2.87. The third-order valence-corrected chi connectivity index (χ3v) is 4.18. The third kappa shape index (κ3) is 2.81. The summed E-state index contributed by atoms with van der Waals surface area (Å²) in [6.07, 6.45) is 3.84. The molecule has 0 fully saturated rings. The van der Waals surface area contributed by atoms with Gasteiger partial charge in [-0.05, 0) is 50.1 Å². The van der Waals surface area contributed by atoms with Crippen molar-refractivity contribution in [1.82, 2.24) is 4.40 Å². The Morgan fingerprint density at radius 2 is 2.14 bits per heavy atom. The van der Waals surface area contributed by atoms with Crippen molar-refractivity contribution in [3.05, 3.63) is 34.6 Å². The largest absolute Gasteiger partial charge is 0.456 e. The van der Waals surface area contributed by atoms with Gasteiger partial charge in [-0.15, -0.1) is 11.8 Å². The fourth-order valence-electron chi connectivity index (χ4n) is 2.18. The van der Waals surface area contributed by atoms with Crippen LogP contribution in [0.25, 0.3) is 5.52 Å². The number of aromatic nitrogens is 1. The van der Waals surface area contributed by atoms with Gasteiger partial charge >= 0.3 is 5.97 Å². The van der Waals surface area contributed by atoms with Crippen molar-refractivity contribution >= 4 is 23.2 Å². The van der Waals surface area contributed by atoms with Gasteiger partial charge in [0, 0.05) is 12.1 Å². The van der Waals surface area contributed by atoms with Crippen LogP contribution < -0.4 is 0 Å². The maximum atomic E-state index is 11.5. The summed E-state index contributed by atoms with van der Waals surface area (Å²) in [6, 6.07) is 4.22. The number of hydrogen-bond donors (Lipinski definition) is 0. The Bertz CT molecular complexity index is 848. The second-order valence-corrected chi connectivity index (χ2v) is 5.55. The molecule has 0 spiro atoms. The smallest absolute Gasteiger partial charge is 0.384 e. The van der Waals surface area contributed by atoms with Crippen molar-refractivity contribution in [1.29, 1.82) is 5.26 Å². The molecule has 112 valence electrons. The van der Waals surface area contributed by atoms with Crippen LogP contribution in [0.15, 0.2) is 17.2 Å². The molecule has 22 heavy (non-hydrogen) atoms. The van der Waals surface area contributed by atoms with E-state index in [1.54, 1.807) is 6.92 Å². The van der Waals surface area contributed by atoms with Crippen LogP contribution in [0.5, 0.6) is 0 Å². The number of esters is 1. The van der Waals surface area contributed by atoms with Crippen molar-refractivity contribution in [2.24, 2.45) is 0 Å². The number of ether oxygens (including phenoxy) is 1. The van der Waals surface area contributed by atoms with E-state index in [9.17, 15) is 10.1 Å². The van der Waals surface area contributed by atoms with Gasteiger partial charge in [0.05, 0.1) is 22.6 Å². The first-order chi connectivity index (χ1) is 10.5. The van der Waals surface area contributed by atoms with Gasteiger partial charge in [-0.1, -0.05) is 0 Å². The van der Waals surface area contributed by atoms with Crippen LogP contribution in [0.2, 0.25) is 0 Å². The van der Waals surface area contributed by atoms with Crippen LogP contribution in [-0.4, -0.2) is 23.2 Å². The zero-order valence-electron chi connectivity index (χ0n) is 13.0. The van der Waals surface area contributed by atoms with Gasteiger partial charge < -0.3 is 9.14 Å².